The Morgan fingerprint density at radius 1 is 0.701 bits per heavy atom. The van der Waals surface area contributed by atoms with Gasteiger partial charge in [-0.2, -0.15) is 0 Å². The molecule has 20 nitrogen and oxygen atoms in total. The number of carbonyl (C=O) groups excluding carboxylic acids is 9. The number of thiocarbonyl (C=S) groups is 1. The largest absolute Gasteiger partial charge is 0.481 e. The van der Waals surface area contributed by atoms with Crippen LogP contribution in [0.5, 0.6) is 0 Å². The van der Waals surface area contributed by atoms with Crippen molar-refractivity contribution in [1.29, 1.82) is 0 Å². The molecule has 0 radical (unpaired) electrons. The third-order valence-electron chi connectivity index (χ3n) is 11.7. The fourth-order valence-electron chi connectivity index (χ4n) is 7.73. The molecule has 1 unspecified atom stereocenters. The normalized spacial score (nSPS) is 16.3. The third-order valence-corrected chi connectivity index (χ3v) is 12.1. The first kappa shape index (κ1) is 57.1. The van der Waals surface area contributed by atoms with Gasteiger partial charge in [-0.25, -0.2) is 0 Å². The van der Waals surface area contributed by atoms with Crippen LogP contribution in [-0.4, -0.2) is 112 Å². The molecule has 1 aromatic carbocycles. The van der Waals surface area contributed by atoms with Crippen LogP contribution in [-0.2, 0) is 54.4 Å². The van der Waals surface area contributed by atoms with Crippen molar-refractivity contribution in [3.63, 3.8) is 0 Å². The lowest BCUT2D eigenvalue weighted by atomic mass is 9.77. The fraction of sp³-hybridized carbons (Fsp3) is 0.630. The van der Waals surface area contributed by atoms with Crippen LogP contribution < -0.4 is 48.7 Å². The Morgan fingerprint density at radius 3 is 1.82 bits per heavy atom. The van der Waals surface area contributed by atoms with Crippen molar-refractivity contribution in [1.82, 2.24) is 37.2 Å². The van der Waals surface area contributed by atoms with Crippen molar-refractivity contribution in [3.05, 3.63) is 35.9 Å². The second kappa shape index (κ2) is 28.2. The van der Waals surface area contributed by atoms with Gasteiger partial charge in [0.05, 0.1) is 19.4 Å². The number of nitrogens with one attached hydrogen (secondary N) is 7. The van der Waals surface area contributed by atoms with E-state index in [2.05, 4.69) is 37.2 Å². The molecule has 1 aliphatic rings. The second-order valence-electron chi connectivity index (χ2n) is 18.1. The smallest absolute Gasteiger partial charge is 0.305 e. The summed E-state index contributed by atoms with van der Waals surface area (Å²) in [4.78, 5) is 130. The van der Waals surface area contributed by atoms with E-state index in [1.807, 2.05) is 30.3 Å². The number of carbonyl (C=O) groups is 10. The summed E-state index contributed by atoms with van der Waals surface area (Å²) in [5, 5.41) is 27.3. The van der Waals surface area contributed by atoms with Gasteiger partial charge in [0.1, 0.15) is 36.3 Å². The second-order valence-corrected chi connectivity index (χ2v) is 18.6. The molecule has 1 aromatic rings. The summed E-state index contributed by atoms with van der Waals surface area (Å²) in [5.74, 6) is -10.2. The van der Waals surface area contributed by atoms with Gasteiger partial charge in [0.2, 0.25) is 53.2 Å². The number of amides is 9. The maximum atomic E-state index is 13.8. The molecule has 1 fully saturated rings. The highest BCUT2D eigenvalue weighted by Gasteiger charge is 2.36. The third kappa shape index (κ3) is 19.8. The highest BCUT2D eigenvalue weighted by molar-refractivity contribution is 7.80. The van der Waals surface area contributed by atoms with Crippen LogP contribution in [0.2, 0.25) is 0 Å². The van der Waals surface area contributed by atoms with Crippen LogP contribution in [0.4, 0.5) is 0 Å². The molecule has 67 heavy (non-hydrogen) atoms. The maximum absolute atomic E-state index is 13.8. The molecule has 1 aliphatic carbocycles. The summed E-state index contributed by atoms with van der Waals surface area (Å²) in [5.41, 5.74) is 11.6. The SMILES string of the molecule is CC[C@H](C)[C@H](NC(=O)[C@H](C)NC(=O)[C@@H](NC(=O)[C@H](CC(C)C)NC(=O)[C@H](CC(=O)O)NC(=O)CNC(=O)C(Cc1ccccc1)C1CCCCC1)C(C)C)C(=O)N[C@H](C(N)=O)C(=S)CC(N)=O. The minimum Gasteiger partial charge on any atom is -0.481 e. The first-order valence-corrected chi connectivity index (χ1v) is 23.3. The Morgan fingerprint density at radius 2 is 1.28 bits per heavy atom. The first-order chi connectivity index (χ1) is 31.4. The first-order valence-electron chi connectivity index (χ1n) is 22.9. The van der Waals surface area contributed by atoms with E-state index in [1.165, 1.54) is 6.92 Å². The number of carboxylic acid groups (broad SMARTS) is 1. The minimum atomic E-state index is -1.64. The van der Waals surface area contributed by atoms with Gasteiger partial charge < -0.3 is 53.8 Å². The van der Waals surface area contributed by atoms with Crippen molar-refractivity contribution >= 4 is 76.2 Å². The number of rotatable bonds is 28. The molecule has 1 saturated carbocycles. The summed E-state index contributed by atoms with van der Waals surface area (Å²) < 4.78 is 0. The summed E-state index contributed by atoms with van der Waals surface area (Å²) in [6.07, 6.45) is 4.41. The van der Waals surface area contributed by atoms with Crippen LogP contribution >= 0.6 is 12.2 Å². The Labute approximate surface area is 397 Å². The molecule has 0 aromatic heterocycles. The van der Waals surface area contributed by atoms with Gasteiger partial charge in [0.15, 0.2) is 0 Å². The van der Waals surface area contributed by atoms with Gasteiger partial charge in [-0.1, -0.05) is 110 Å². The summed E-state index contributed by atoms with van der Waals surface area (Å²) in [6, 6.07) is 1.30. The minimum absolute atomic E-state index is 0.0412. The van der Waals surface area contributed by atoms with E-state index in [4.69, 9.17) is 23.7 Å². The molecule has 2 rings (SSSR count). The summed E-state index contributed by atoms with van der Waals surface area (Å²) >= 11 is 5.08. The van der Waals surface area contributed by atoms with E-state index in [0.717, 1.165) is 37.7 Å². The summed E-state index contributed by atoms with van der Waals surface area (Å²) in [7, 11) is 0. The molecule has 8 atom stereocenters. The topological polar surface area (TPSA) is 327 Å². The zero-order chi connectivity index (χ0) is 50.5. The van der Waals surface area contributed by atoms with Gasteiger partial charge >= 0.3 is 5.97 Å². The number of hydrogen-bond donors (Lipinski definition) is 10. The van der Waals surface area contributed by atoms with Gasteiger partial charge in [-0.3, -0.25) is 47.9 Å². The Bertz CT molecular complexity index is 1930. The predicted octanol–water partition coefficient (Wildman–Crippen LogP) is 0.424. The molecule has 0 aliphatic heterocycles. The lowest BCUT2D eigenvalue weighted by molar-refractivity contribution is -0.141. The Kier molecular flexibility index (Phi) is 24.1. The Balaban J connectivity index is 2.16. The van der Waals surface area contributed by atoms with E-state index >= 15 is 0 Å². The molecule has 372 valence electrons. The van der Waals surface area contributed by atoms with Crippen molar-refractivity contribution in [2.75, 3.05) is 6.54 Å². The quantitative estimate of drug-likeness (QED) is 0.0512. The highest BCUT2D eigenvalue weighted by atomic mass is 32.1. The zero-order valence-corrected chi connectivity index (χ0v) is 40.4. The van der Waals surface area contributed by atoms with E-state index in [1.54, 1.807) is 41.5 Å². The lowest BCUT2D eigenvalue weighted by Crippen LogP contribution is -2.61. The van der Waals surface area contributed by atoms with E-state index in [9.17, 15) is 53.1 Å². The number of aliphatic carboxylic acids is 1. The van der Waals surface area contributed by atoms with Crippen LogP contribution in [0.25, 0.3) is 0 Å². The standard InChI is InChI=1S/C46H71N9O11S/c1-8-26(6)38(46(66)55-39(40(48)60)33(67)22-34(47)56)54-41(61)27(7)50-45(65)37(25(4)5)53-44(64)31(19-24(2)3)52-43(63)32(21-36(58)59)51-35(57)23-49-42(62)30(29-17-13-10-14-18-29)20-28-15-11-9-12-16-28/h9,11-12,15-16,24-27,29-32,37-39H,8,10,13-14,17-23H2,1-7H3,(H2,47,56)(H2,48,60)(H,49,62)(H,50,65)(H,51,57)(H,52,63)(H,53,64)(H,54,61)(H,55,66)(H,58,59)/t26-,27-,30?,31-,32-,37-,38-,39-/m0/s1. The molecule has 0 spiro atoms. The molecule has 12 N–H and O–H groups in total. The summed E-state index contributed by atoms with van der Waals surface area (Å²) in [6.45, 7) is 11.0. The highest BCUT2D eigenvalue weighted by Crippen LogP contribution is 2.32. The van der Waals surface area contributed by atoms with Crippen molar-refractivity contribution in [2.24, 2.45) is 41.1 Å². The molecule has 0 saturated heterocycles. The number of primary amides is 2. The maximum Gasteiger partial charge on any atom is 0.305 e. The Hall–Kier alpha value is -5.99. The average Bonchev–Trinajstić information content (AvgIpc) is 3.26. The molecule has 9 amide bonds. The molecular formula is C46H71N9O11S. The predicted molar refractivity (Wildman–Crippen MR) is 252 cm³/mol. The van der Waals surface area contributed by atoms with Gasteiger partial charge in [0, 0.05) is 10.8 Å². The lowest BCUT2D eigenvalue weighted by Gasteiger charge is -2.30. The van der Waals surface area contributed by atoms with Crippen molar-refractivity contribution in [2.45, 2.75) is 149 Å². The van der Waals surface area contributed by atoms with Crippen LogP contribution in [0.3, 0.4) is 0 Å². The number of carboxylic acids is 1. The average molecular weight is 958 g/mol. The number of benzene rings is 1. The molecule has 0 bridgehead atoms. The zero-order valence-electron chi connectivity index (χ0n) is 39.6. The molecule has 21 heteroatoms. The van der Waals surface area contributed by atoms with Gasteiger partial charge in [-0.05, 0) is 61.8 Å². The van der Waals surface area contributed by atoms with E-state index in [0.29, 0.717) is 12.8 Å². The van der Waals surface area contributed by atoms with Crippen molar-refractivity contribution in [3.8, 4) is 0 Å². The fourth-order valence-corrected chi connectivity index (χ4v) is 8.05. The van der Waals surface area contributed by atoms with Gasteiger partial charge in [0.25, 0.3) is 0 Å². The van der Waals surface area contributed by atoms with Crippen molar-refractivity contribution < 1.29 is 53.1 Å². The van der Waals surface area contributed by atoms with E-state index in [-0.39, 0.29) is 29.0 Å². The number of nitrogens with two attached hydrogens (primary N) is 2. The van der Waals surface area contributed by atoms with Crippen LogP contribution in [0, 0.1) is 29.6 Å². The van der Waals surface area contributed by atoms with E-state index < -0.39 is 127 Å². The van der Waals surface area contributed by atoms with Crippen LogP contribution in [0.15, 0.2) is 30.3 Å². The molecular weight excluding hydrogens is 887 g/mol. The van der Waals surface area contributed by atoms with Crippen LogP contribution in [0.1, 0.15) is 112 Å². The number of hydrogen-bond acceptors (Lipinski definition) is 11. The monoisotopic (exact) mass is 957 g/mol. The molecule has 0 heterocycles. The van der Waals surface area contributed by atoms with Gasteiger partial charge in [-0.15, -0.1) is 0 Å².